The van der Waals surface area contributed by atoms with E-state index in [2.05, 4.69) is 20.8 Å². The molecule has 1 heterocycles. The SMILES string of the molecule is O=[N+]([O-])c1ccc(-c2ccc([N+](=O)[O-])cc2N2CCCCC2)c(Br)c1. The summed E-state index contributed by atoms with van der Waals surface area (Å²) in [7, 11) is 0. The predicted molar refractivity (Wildman–Crippen MR) is 99.0 cm³/mol. The summed E-state index contributed by atoms with van der Waals surface area (Å²) in [6.45, 7) is 1.69. The van der Waals surface area contributed by atoms with Gasteiger partial charge in [-0.2, -0.15) is 0 Å². The lowest BCUT2D eigenvalue weighted by Crippen LogP contribution is -2.29. The summed E-state index contributed by atoms with van der Waals surface area (Å²) in [6.07, 6.45) is 3.25. The third-order valence-corrected chi connectivity index (χ3v) is 5.00. The number of nitro groups is 2. The van der Waals surface area contributed by atoms with Crippen molar-refractivity contribution in [3.05, 3.63) is 61.1 Å². The van der Waals surface area contributed by atoms with Crippen LogP contribution in [0.2, 0.25) is 0 Å². The first-order chi connectivity index (χ1) is 12.0. The fourth-order valence-electron chi connectivity index (χ4n) is 3.09. The van der Waals surface area contributed by atoms with Crippen LogP contribution in [-0.4, -0.2) is 22.9 Å². The second kappa shape index (κ2) is 7.18. The summed E-state index contributed by atoms with van der Waals surface area (Å²) in [5.41, 5.74) is 2.44. The Bertz CT molecular complexity index is 835. The maximum Gasteiger partial charge on any atom is 0.271 e. The molecule has 1 saturated heterocycles. The molecule has 0 amide bonds. The van der Waals surface area contributed by atoms with E-state index in [4.69, 9.17) is 0 Å². The monoisotopic (exact) mass is 405 g/mol. The van der Waals surface area contributed by atoms with Gasteiger partial charge in [0.25, 0.3) is 11.4 Å². The first kappa shape index (κ1) is 17.3. The molecule has 0 bridgehead atoms. The zero-order valence-electron chi connectivity index (χ0n) is 13.4. The lowest BCUT2D eigenvalue weighted by molar-refractivity contribution is -0.385. The Hall–Kier alpha value is -2.48. The molecule has 3 rings (SSSR count). The van der Waals surface area contributed by atoms with Gasteiger partial charge >= 0.3 is 0 Å². The highest BCUT2D eigenvalue weighted by Crippen LogP contribution is 2.39. The second-order valence-electron chi connectivity index (χ2n) is 5.93. The zero-order chi connectivity index (χ0) is 18.0. The van der Waals surface area contributed by atoms with Gasteiger partial charge in [0.1, 0.15) is 0 Å². The molecule has 0 radical (unpaired) electrons. The Kier molecular flexibility index (Phi) is 4.98. The minimum Gasteiger partial charge on any atom is -0.371 e. The molecule has 2 aromatic rings. The molecule has 1 fully saturated rings. The van der Waals surface area contributed by atoms with Gasteiger partial charge in [-0.25, -0.2) is 0 Å². The van der Waals surface area contributed by atoms with Gasteiger partial charge in [0, 0.05) is 47.4 Å². The fraction of sp³-hybridized carbons (Fsp3) is 0.294. The number of rotatable bonds is 4. The third-order valence-electron chi connectivity index (χ3n) is 4.34. The third kappa shape index (κ3) is 3.63. The van der Waals surface area contributed by atoms with Crippen LogP contribution in [0, 0.1) is 20.2 Å². The van der Waals surface area contributed by atoms with Crippen LogP contribution >= 0.6 is 15.9 Å². The van der Waals surface area contributed by atoms with Crippen molar-refractivity contribution in [1.29, 1.82) is 0 Å². The van der Waals surface area contributed by atoms with Gasteiger partial charge < -0.3 is 4.90 Å². The number of hydrogen-bond donors (Lipinski definition) is 0. The Labute approximate surface area is 152 Å². The molecular weight excluding hydrogens is 390 g/mol. The molecule has 0 atom stereocenters. The Morgan fingerprint density at radius 1 is 0.840 bits per heavy atom. The number of hydrogen-bond acceptors (Lipinski definition) is 5. The van der Waals surface area contributed by atoms with Gasteiger partial charge in [0.2, 0.25) is 0 Å². The summed E-state index contributed by atoms with van der Waals surface area (Å²) in [6, 6.07) is 9.36. The maximum atomic E-state index is 11.2. The van der Waals surface area contributed by atoms with Crippen LogP contribution in [0.15, 0.2) is 40.9 Å². The van der Waals surface area contributed by atoms with Crippen molar-refractivity contribution >= 4 is 33.0 Å². The van der Waals surface area contributed by atoms with E-state index < -0.39 is 9.85 Å². The molecular formula is C17H16BrN3O4. The first-order valence-electron chi connectivity index (χ1n) is 7.95. The number of halogens is 1. The van der Waals surface area contributed by atoms with E-state index in [0.717, 1.165) is 49.2 Å². The molecule has 0 aromatic heterocycles. The molecule has 1 aliphatic rings. The van der Waals surface area contributed by atoms with E-state index in [1.54, 1.807) is 18.2 Å². The van der Waals surface area contributed by atoms with E-state index in [1.807, 2.05) is 0 Å². The van der Waals surface area contributed by atoms with Crippen LogP contribution in [0.3, 0.4) is 0 Å². The molecule has 0 N–H and O–H groups in total. The van der Waals surface area contributed by atoms with E-state index in [-0.39, 0.29) is 11.4 Å². The number of benzene rings is 2. The number of piperidine rings is 1. The van der Waals surface area contributed by atoms with Crippen LogP contribution in [0.25, 0.3) is 11.1 Å². The molecule has 8 heteroatoms. The van der Waals surface area contributed by atoms with Crippen LogP contribution < -0.4 is 4.90 Å². The van der Waals surface area contributed by atoms with Crippen LogP contribution in [-0.2, 0) is 0 Å². The van der Waals surface area contributed by atoms with Crippen molar-refractivity contribution in [1.82, 2.24) is 0 Å². The lowest BCUT2D eigenvalue weighted by Gasteiger charge is -2.30. The molecule has 2 aromatic carbocycles. The maximum absolute atomic E-state index is 11.2. The fourth-order valence-corrected chi connectivity index (χ4v) is 3.67. The largest absolute Gasteiger partial charge is 0.371 e. The normalized spacial score (nSPS) is 14.4. The predicted octanol–water partition coefficient (Wildman–Crippen LogP) is 4.92. The summed E-state index contributed by atoms with van der Waals surface area (Å²) in [5.74, 6) is 0. The summed E-state index contributed by atoms with van der Waals surface area (Å²) >= 11 is 3.40. The van der Waals surface area contributed by atoms with Crippen molar-refractivity contribution in [2.45, 2.75) is 19.3 Å². The second-order valence-corrected chi connectivity index (χ2v) is 6.78. The van der Waals surface area contributed by atoms with Gasteiger partial charge in [-0.05, 0) is 52.9 Å². The van der Waals surface area contributed by atoms with Crippen LogP contribution in [0.5, 0.6) is 0 Å². The van der Waals surface area contributed by atoms with E-state index in [0.29, 0.717) is 4.47 Å². The molecule has 7 nitrogen and oxygen atoms in total. The molecule has 25 heavy (non-hydrogen) atoms. The van der Waals surface area contributed by atoms with Crippen LogP contribution in [0.1, 0.15) is 19.3 Å². The number of nitro benzene ring substituents is 2. The average Bonchev–Trinajstić information content (AvgIpc) is 2.62. The van der Waals surface area contributed by atoms with Crippen LogP contribution in [0.4, 0.5) is 17.1 Å². The van der Waals surface area contributed by atoms with Gasteiger partial charge in [0.15, 0.2) is 0 Å². The van der Waals surface area contributed by atoms with Crippen molar-refractivity contribution in [2.24, 2.45) is 0 Å². The molecule has 130 valence electrons. The Morgan fingerprint density at radius 2 is 1.40 bits per heavy atom. The topological polar surface area (TPSA) is 89.5 Å². The quantitative estimate of drug-likeness (QED) is 0.531. The summed E-state index contributed by atoms with van der Waals surface area (Å²) in [4.78, 5) is 23.4. The Balaban J connectivity index is 2.11. The Morgan fingerprint density at radius 3 is 1.96 bits per heavy atom. The molecule has 0 aliphatic carbocycles. The van der Waals surface area contributed by atoms with E-state index >= 15 is 0 Å². The van der Waals surface area contributed by atoms with Crippen molar-refractivity contribution < 1.29 is 9.85 Å². The zero-order valence-corrected chi connectivity index (χ0v) is 14.9. The number of anilines is 1. The standard InChI is InChI=1S/C17H16BrN3O4/c18-16-10-12(20(22)23)4-6-14(16)15-7-5-13(21(24)25)11-17(15)19-8-2-1-3-9-19/h4-7,10-11H,1-3,8-9H2. The van der Waals surface area contributed by atoms with Crippen molar-refractivity contribution in [2.75, 3.05) is 18.0 Å². The number of non-ortho nitro benzene ring substituents is 2. The van der Waals surface area contributed by atoms with E-state index in [1.165, 1.54) is 18.2 Å². The molecule has 0 unspecified atom stereocenters. The van der Waals surface area contributed by atoms with Crippen molar-refractivity contribution in [3.8, 4) is 11.1 Å². The lowest BCUT2D eigenvalue weighted by atomic mass is 10.00. The molecule has 0 spiro atoms. The van der Waals surface area contributed by atoms with Crippen molar-refractivity contribution in [3.63, 3.8) is 0 Å². The first-order valence-corrected chi connectivity index (χ1v) is 8.74. The highest BCUT2D eigenvalue weighted by Gasteiger charge is 2.21. The molecule has 1 aliphatic heterocycles. The van der Waals surface area contributed by atoms with E-state index in [9.17, 15) is 20.2 Å². The highest BCUT2D eigenvalue weighted by atomic mass is 79.9. The smallest absolute Gasteiger partial charge is 0.271 e. The van der Waals surface area contributed by atoms with Gasteiger partial charge in [-0.1, -0.05) is 0 Å². The number of nitrogens with zero attached hydrogens (tertiary/aromatic N) is 3. The average molecular weight is 406 g/mol. The van der Waals surface area contributed by atoms with Gasteiger partial charge in [0.05, 0.1) is 15.5 Å². The highest BCUT2D eigenvalue weighted by molar-refractivity contribution is 9.10. The van der Waals surface area contributed by atoms with Gasteiger partial charge in [-0.15, -0.1) is 0 Å². The summed E-state index contributed by atoms with van der Waals surface area (Å²) < 4.78 is 0.591. The molecule has 0 saturated carbocycles. The minimum atomic E-state index is -0.448. The summed E-state index contributed by atoms with van der Waals surface area (Å²) in [5, 5.41) is 22.1. The minimum absolute atomic E-state index is 0.00272. The van der Waals surface area contributed by atoms with Gasteiger partial charge in [-0.3, -0.25) is 20.2 Å².